The summed E-state index contributed by atoms with van der Waals surface area (Å²) in [4.78, 5) is 12.4. The normalized spacial score (nSPS) is 13.0. The molecule has 1 aliphatic rings. The summed E-state index contributed by atoms with van der Waals surface area (Å²) in [5, 5.41) is 23.6. The van der Waals surface area contributed by atoms with E-state index in [9.17, 15) is 31.9 Å². The molecule has 0 radical (unpaired) electrons. The first-order valence-corrected chi connectivity index (χ1v) is 10.4. The van der Waals surface area contributed by atoms with Crippen LogP contribution in [0.1, 0.15) is 29.5 Å². The number of carbonyl (C=O) groups is 1. The number of benzene rings is 2. The molecule has 2 heterocycles. The number of nitrogens with one attached hydrogen (secondary N) is 2. The topological polar surface area (TPSA) is 92.1 Å². The van der Waals surface area contributed by atoms with Crippen LogP contribution in [-0.4, -0.2) is 38.5 Å². The zero-order valence-corrected chi connectivity index (χ0v) is 18.4. The van der Waals surface area contributed by atoms with Gasteiger partial charge in [-0.05, 0) is 24.3 Å². The Morgan fingerprint density at radius 3 is 2.59 bits per heavy atom. The molecule has 7 nitrogen and oxygen atoms in total. The first kappa shape index (κ1) is 25.4. The number of halogens is 6. The first-order valence-electron chi connectivity index (χ1n) is 9.99. The van der Waals surface area contributed by atoms with Crippen LogP contribution in [0.3, 0.4) is 0 Å². The molecule has 13 heteroatoms. The Kier molecular flexibility index (Phi) is 7.72. The highest BCUT2D eigenvalue weighted by Gasteiger charge is 2.24. The number of amides is 1. The van der Waals surface area contributed by atoms with Crippen molar-refractivity contribution in [3.05, 3.63) is 58.4 Å². The summed E-state index contributed by atoms with van der Waals surface area (Å²) in [6.07, 6.45) is -4.69. The largest absolute Gasteiger partial charge is 0.507 e. The number of phenols is 1. The molecule has 0 bridgehead atoms. The van der Waals surface area contributed by atoms with Crippen molar-refractivity contribution in [3.63, 3.8) is 0 Å². The van der Waals surface area contributed by atoms with Crippen LogP contribution in [0.5, 0.6) is 5.75 Å². The van der Waals surface area contributed by atoms with Gasteiger partial charge in [0, 0.05) is 19.5 Å². The molecule has 1 amide bonds. The SMILES string of the molecule is CCC(F)(F)F.O=C(Nc1c(F)cccc1Cl)c1cc(F)c(-c2nnc3n2CCNC3)cc1O. The van der Waals surface area contributed by atoms with E-state index in [1.807, 2.05) is 0 Å². The van der Waals surface area contributed by atoms with E-state index < -0.39 is 35.9 Å². The smallest absolute Gasteiger partial charge is 0.388 e. The number of phenolic OH excluding ortho intramolecular Hbond substituents is 1. The summed E-state index contributed by atoms with van der Waals surface area (Å²) >= 11 is 5.88. The molecule has 1 aromatic heterocycles. The molecule has 0 fully saturated rings. The van der Waals surface area contributed by atoms with Gasteiger partial charge in [-0.2, -0.15) is 13.2 Å². The van der Waals surface area contributed by atoms with Crippen LogP contribution in [0.15, 0.2) is 30.3 Å². The molecule has 182 valence electrons. The van der Waals surface area contributed by atoms with Gasteiger partial charge in [0.15, 0.2) is 5.82 Å². The minimum absolute atomic E-state index is 0.0126. The van der Waals surface area contributed by atoms with Crippen LogP contribution in [0, 0.1) is 11.6 Å². The Bertz CT molecular complexity index is 1180. The van der Waals surface area contributed by atoms with Crippen molar-refractivity contribution in [1.82, 2.24) is 20.1 Å². The van der Waals surface area contributed by atoms with Crippen LogP contribution in [0.2, 0.25) is 5.02 Å². The third-order valence-electron chi connectivity index (χ3n) is 4.80. The molecular weight excluding hydrogens is 485 g/mol. The predicted molar refractivity (Wildman–Crippen MR) is 114 cm³/mol. The fraction of sp³-hybridized carbons (Fsp3) is 0.286. The molecule has 0 spiro atoms. The number of rotatable bonds is 3. The number of carbonyl (C=O) groups excluding carboxylic acids is 1. The number of nitrogens with zero attached hydrogens (tertiary/aromatic N) is 3. The second-order valence-corrected chi connectivity index (χ2v) is 7.54. The van der Waals surface area contributed by atoms with E-state index >= 15 is 0 Å². The number of aromatic nitrogens is 3. The van der Waals surface area contributed by atoms with Gasteiger partial charge in [0.2, 0.25) is 0 Å². The summed E-state index contributed by atoms with van der Waals surface area (Å²) in [6, 6.07) is 5.87. The molecule has 0 saturated carbocycles. The van der Waals surface area contributed by atoms with Gasteiger partial charge in [0.1, 0.15) is 23.2 Å². The summed E-state index contributed by atoms with van der Waals surface area (Å²) in [7, 11) is 0. The minimum atomic E-state index is -3.96. The van der Waals surface area contributed by atoms with Gasteiger partial charge in [0.05, 0.1) is 28.4 Å². The lowest BCUT2D eigenvalue weighted by atomic mass is 10.1. The number of alkyl halides is 3. The Labute approximate surface area is 195 Å². The average molecular weight is 504 g/mol. The lowest BCUT2D eigenvalue weighted by molar-refractivity contribution is -0.130. The van der Waals surface area contributed by atoms with Gasteiger partial charge in [0.25, 0.3) is 5.91 Å². The highest BCUT2D eigenvalue weighted by atomic mass is 35.5. The number of anilines is 1. The molecule has 3 N–H and O–H groups in total. The fourth-order valence-corrected chi connectivity index (χ4v) is 3.21. The molecular formula is C21H19ClF5N5O2. The zero-order valence-electron chi connectivity index (χ0n) is 17.7. The van der Waals surface area contributed by atoms with Gasteiger partial charge >= 0.3 is 6.18 Å². The second-order valence-electron chi connectivity index (χ2n) is 7.14. The van der Waals surface area contributed by atoms with E-state index in [2.05, 4.69) is 20.8 Å². The molecule has 1 aliphatic heterocycles. The quantitative estimate of drug-likeness (QED) is 0.442. The highest BCUT2D eigenvalue weighted by molar-refractivity contribution is 6.34. The van der Waals surface area contributed by atoms with Crippen molar-refractivity contribution >= 4 is 23.2 Å². The van der Waals surface area contributed by atoms with E-state index in [4.69, 9.17) is 11.6 Å². The molecule has 0 atom stereocenters. The molecule has 2 aromatic carbocycles. The highest BCUT2D eigenvalue weighted by Crippen LogP contribution is 2.31. The predicted octanol–water partition coefficient (Wildman–Crippen LogP) is 4.90. The van der Waals surface area contributed by atoms with Crippen molar-refractivity contribution in [2.75, 3.05) is 11.9 Å². The molecule has 4 rings (SSSR count). The van der Waals surface area contributed by atoms with Gasteiger partial charge in [-0.25, -0.2) is 8.78 Å². The van der Waals surface area contributed by atoms with Crippen LogP contribution in [0.25, 0.3) is 11.4 Å². The van der Waals surface area contributed by atoms with E-state index in [-0.39, 0.29) is 27.7 Å². The Hall–Kier alpha value is -3.25. The van der Waals surface area contributed by atoms with Gasteiger partial charge in [-0.3, -0.25) is 4.79 Å². The van der Waals surface area contributed by atoms with Crippen molar-refractivity contribution in [3.8, 4) is 17.1 Å². The van der Waals surface area contributed by atoms with Crippen molar-refractivity contribution in [2.45, 2.75) is 32.6 Å². The van der Waals surface area contributed by atoms with Crippen LogP contribution in [0.4, 0.5) is 27.6 Å². The summed E-state index contributed by atoms with van der Waals surface area (Å²) in [5.74, 6) is -1.99. The molecule has 34 heavy (non-hydrogen) atoms. The molecule has 0 saturated heterocycles. The van der Waals surface area contributed by atoms with Gasteiger partial charge in [-0.1, -0.05) is 24.6 Å². The Morgan fingerprint density at radius 1 is 1.24 bits per heavy atom. The first-order chi connectivity index (χ1) is 16.0. The van der Waals surface area contributed by atoms with E-state index in [1.165, 1.54) is 12.1 Å². The summed E-state index contributed by atoms with van der Waals surface area (Å²) in [5.41, 5.74) is -0.601. The molecule has 0 aliphatic carbocycles. The maximum atomic E-state index is 14.7. The number of hydrogen-bond donors (Lipinski definition) is 3. The van der Waals surface area contributed by atoms with Crippen molar-refractivity contribution in [1.29, 1.82) is 0 Å². The van der Waals surface area contributed by atoms with Crippen LogP contribution >= 0.6 is 11.6 Å². The number of aromatic hydroxyl groups is 1. The summed E-state index contributed by atoms with van der Waals surface area (Å²) in [6.45, 7) is 2.81. The average Bonchev–Trinajstić information content (AvgIpc) is 3.21. The summed E-state index contributed by atoms with van der Waals surface area (Å²) < 4.78 is 62.7. The Morgan fingerprint density at radius 2 is 1.94 bits per heavy atom. The maximum Gasteiger partial charge on any atom is 0.388 e. The van der Waals surface area contributed by atoms with E-state index in [1.54, 1.807) is 4.57 Å². The van der Waals surface area contributed by atoms with Crippen molar-refractivity contribution < 1.29 is 31.9 Å². The van der Waals surface area contributed by atoms with Crippen LogP contribution < -0.4 is 10.6 Å². The van der Waals surface area contributed by atoms with Crippen molar-refractivity contribution in [2.24, 2.45) is 0 Å². The third kappa shape index (κ3) is 5.81. The monoisotopic (exact) mass is 503 g/mol. The Balaban J connectivity index is 0.000000481. The minimum Gasteiger partial charge on any atom is -0.507 e. The third-order valence-corrected chi connectivity index (χ3v) is 5.11. The maximum absolute atomic E-state index is 14.7. The van der Waals surface area contributed by atoms with Gasteiger partial charge in [-0.15, -0.1) is 10.2 Å². The standard InChI is InChI=1S/C18H14ClF2N5O2.C3H5F3/c19-11-2-1-3-12(20)16(11)23-18(28)10-6-13(21)9(7-14(10)27)17-25-24-15-8-22-4-5-26(15)17;1-2-3(4,5)6/h1-3,6-7,22,27H,4-5,8H2,(H,23,28);2H2,1H3. The number of para-hydroxylation sites is 1. The zero-order chi connectivity index (χ0) is 25.0. The number of hydrogen-bond acceptors (Lipinski definition) is 5. The second kappa shape index (κ2) is 10.3. The molecule has 0 unspecified atom stereocenters. The fourth-order valence-electron chi connectivity index (χ4n) is 3.00. The van der Waals surface area contributed by atoms with E-state index in [0.717, 1.165) is 25.1 Å². The van der Waals surface area contributed by atoms with Crippen LogP contribution in [-0.2, 0) is 13.1 Å². The lowest BCUT2D eigenvalue weighted by Crippen LogP contribution is -2.28. The number of fused-ring (bicyclic) bond motifs is 1. The molecule has 3 aromatic rings. The van der Waals surface area contributed by atoms with Gasteiger partial charge < -0.3 is 20.3 Å². The lowest BCUT2D eigenvalue weighted by Gasteiger charge is -2.16. The van der Waals surface area contributed by atoms with E-state index in [0.29, 0.717) is 25.5 Å².